The zero-order chi connectivity index (χ0) is 16.7. The van der Waals surface area contributed by atoms with Crippen LogP contribution in [-0.4, -0.2) is 29.8 Å². The number of carbonyl (C=O) groups is 1. The van der Waals surface area contributed by atoms with E-state index in [-0.39, 0.29) is 19.1 Å². The summed E-state index contributed by atoms with van der Waals surface area (Å²) in [5, 5.41) is 6.47. The lowest BCUT2D eigenvalue weighted by molar-refractivity contribution is 0.0949. The van der Waals surface area contributed by atoms with Crippen LogP contribution in [0.4, 0.5) is 0 Å². The molecule has 0 saturated carbocycles. The predicted molar refractivity (Wildman–Crippen MR) is 82.9 cm³/mol. The fraction of sp³-hybridized carbons (Fsp3) is 0.312. The molecule has 7 heteroatoms. The van der Waals surface area contributed by atoms with Crippen LogP contribution in [0, 0.1) is 0 Å². The van der Waals surface area contributed by atoms with Gasteiger partial charge in [0.15, 0.2) is 5.82 Å². The number of amides is 1. The maximum absolute atomic E-state index is 12.1. The highest BCUT2D eigenvalue weighted by Gasteiger charge is 2.09. The van der Waals surface area contributed by atoms with E-state index in [9.17, 15) is 4.79 Å². The summed E-state index contributed by atoms with van der Waals surface area (Å²) in [6.45, 7) is 6.53. The van der Waals surface area contributed by atoms with Gasteiger partial charge in [0.1, 0.15) is 19.0 Å². The van der Waals surface area contributed by atoms with E-state index in [1.807, 2.05) is 6.92 Å². The van der Waals surface area contributed by atoms with Crippen LogP contribution in [0.1, 0.15) is 29.0 Å². The molecule has 1 amide bonds. The molecule has 0 aliphatic rings. The lowest BCUT2D eigenvalue weighted by Crippen LogP contribution is -2.23. The molecular formula is C16H19N3O4. The number of nitrogens with one attached hydrogen (secondary N) is 1. The van der Waals surface area contributed by atoms with E-state index in [4.69, 9.17) is 14.0 Å². The van der Waals surface area contributed by atoms with Gasteiger partial charge in [-0.05, 0) is 36.8 Å². The van der Waals surface area contributed by atoms with Crippen molar-refractivity contribution in [2.24, 2.45) is 0 Å². The van der Waals surface area contributed by atoms with Crippen LogP contribution in [0.15, 0.2) is 40.9 Å². The number of aromatic nitrogens is 2. The minimum Gasteiger partial charge on any atom is -0.489 e. The lowest BCUT2D eigenvalue weighted by Gasteiger charge is -2.07. The van der Waals surface area contributed by atoms with E-state index < -0.39 is 0 Å². The van der Waals surface area contributed by atoms with Gasteiger partial charge < -0.3 is 19.3 Å². The molecule has 23 heavy (non-hydrogen) atoms. The maximum atomic E-state index is 12.1. The number of benzene rings is 1. The van der Waals surface area contributed by atoms with E-state index in [0.717, 1.165) is 5.57 Å². The lowest BCUT2D eigenvalue weighted by atomic mass is 10.2. The van der Waals surface area contributed by atoms with E-state index in [2.05, 4.69) is 22.0 Å². The number of ether oxygens (including phenoxy) is 2. The fourth-order valence-electron chi connectivity index (χ4n) is 1.71. The molecule has 0 aliphatic carbocycles. The third-order valence-corrected chi connectivity index (χ3v) is 2.79. The van der Waals surface area contributed by atoms with Gasteiger partial charge in [0.25, 0.3) is 11.8 Å². The van der Waals surface area contributed by atoms with Gasteiger partial charge in [0, 0.05) is 12.7 Å². The highest BCUT2D eigenvalue weighted by atomic mass is 16.5. The molecule has 0 radical (unpaired) electrons. The summed E-state index contributed by atoms with van der Waals surface area (Å²) in [5.41, 5.74) is 1.45. The molecule has 0 fully saturated rings. The molecule has 0 bridgehead atoms. The Balaban J connectivity index is 1.86. The highest BCUT2D eigenvalue weighted by Crippen LogP contribution is 2.13. The zero-order valence-electron chi connectivity index (χ0n) is 13.2. The van der Waals surface area contributed by atoms with Crippen LogP contribution in [0.2, 0.25) is 0 Å². The van der Waals surface area contributed by atoms with Crippen molar-refractivity contribution in [3.05, 3.63) is 53.7 Å². The molecule has 1 N–H and O–H groups in total. The smallest absolute Gasteiger partial charge is 0.252 e. The van der Waals surface area contributed by atoms with Crippen LogP contribution >= 0.6 is 0 Å². The Morgan fingerprint density at radius 1 is 1.35 bits per heavy atom. The largest absolute Gasteiger partial charge is 0.489 e. The Bertz CT molecular complexity index is 664. The van der Waals surface area contributed by atoms with Crippen LogP contribution in [-0.2, 0) is 17.9 Å². The Morgan fingerprint density at radius 3 is 2.74 bits per heavy atom. The summed E-state index contributed by atoms with van der Waals surface area (Å²) in [4.78, 5) is 16.1. The van der Waals surface area contributed by atoms with Crippen molar-refractivity contribution in [1.29, 1.82) is 0 Å². The summed E-state index contributed by atoms with van der Waals surface area (Å²) < 4.78 is 15.3. The van der Waals surface area contributed by atoms with Gasteiger partial charge in [0.2, 0.25) is 0 Å². The van der Waals surface area contributed by atoms with Gasteiger partial charge in [0.05, 0.1) is 6.54 Å². The molecule has 0 aliphatic heterocycles. The fourth-order valence-corrected chi connectivity index (χ4v) is 1.71. The van der Waals surface area contributed by atoms with Gasteiger partial charge in [-0.1, -0.05) is 11.7 Å². The monoisotopic (exact) mass is 317 g/mol. The van der Waals surface area contributed by atoms with E-state index >= 15 is 0 Å². The van der Waals surface area contributed by atoms with Crippen molar-refractivity contribution in [1.82, 2.24) is 15.5 Å². The maximum Gasteiger partial charge on any atom is 0.252 e. The number of hydrogen-bond donors (Lipinski definition) is 1. The predicted octanol–water partition coefficient (Wildman–Crippen LogP) is 2.10. The molecule has 0 unspecified atom stereocenters. The van der Waals surface area contributed by atoms with Crippen LogP contribution < -0.4 is 10.1 Å². The molecule has 1 heterocycles. The molecule has 2 rings (SSSR count). The number of carbonyl (C=O) groups excluding carboxylic acids is 1. The molecule has 0 saturated heterocycles. The van der Waals surface area contributed by atoms with Gasteiger partial charge in [-0.2, -0.15) is 4.98 Å². The molecule has 7 nitrogen and oxygen atoms in total. The van der Waals surface area contributed by atoms with Gasteiger partial charge in [-0.15, -0.1) is 0 Å². The van der Waals surface area contributed by atoms with Crippen molar-refractivity contribution in [2.45, 2.75) is 20.1 Å². The summed E-state index contributed by atoms with van der Waals surface area (Å²) in [6, 6.07) is 6.86. The SMILES string of the molecule is C=C(C)COc1ccc(C(=O)NCc2noc(COC)n2)cc1. The molecule has 122 valence electrons. The van der Waals surface area contributed by atoms with E-state index in [1.54, 1.807) is 24.3 Å². The van der Waals surface area contributed by atoms with E-state index in [1.165, 1.54) is 7.11 Å². The van der Waals surface area contributed by atoms with Crippen molar-refractivity contribution >= 4 is 5.91 Å². The highest BCUT2D eigenvalue weighted by molar-refractivity contribution is 5.94. The molecule has 0 atom stereocenters. The first kappa shape index (κ1) is 16.7. The molecule has 1 aromatic carbocycles. The Morgan fingerprint density at radius 2 is 2.09 bits per heavy atom. The van der Waals surface area contributed by atoms with Crippen LogP contribution in [0.25, 0.3) is 0 Å². The second kappa shape index (κ2) is 8.09. The molecule has 0 spiro atoms. The Kier molecular flexibility index (Phi) is 5.87. The van der Waals surface area contributed by atoms with Gasteiger partial charge in [-0.25, -0.2) is 0 Å². The second-order valence-corrected chi connectivity index (χ2v) is 4.99. The second-order valence-electron chi connectivity index (χ2n) is 4.99. The first-order chi connectivity index (χ1) is 11.1. The minimum atomic E-state index is -0.227. The average Bonchev–Trinajstić information content (AvgIpc) is 2.99. The van der Waals surface area contributed by atoms with Crippen molar-refractivity contribution < 1.29 is 18.8 Å². The van der Waals surface area contributed by atoms with Gasteiger partial charge in [-0.3, -0.25) is 4.79 Å². The normalized spacial score (nSPS) is 10.3. The third kappa shape index (κ3) is 5.23. The average molecular weight is 317 g/mol. The number of rotatable bonds is 8. The third-order valence-electron chi connectivity index (χ3n) is 2.79. The van der Waals surface area contributed by atoms with E-state index in [0.29, 0.717) is 29.6 Å². The zero-order valence-corrected chi connectivity index (χ0v) is 13.2. The molecule has 2 aromatic rings. The number of nitrogens with zero attached hydrogens (tertiary/aromatic N) is 2. The molecular weight excluding hydrogens is 298 g/mol. The van der Waals surface area contributed by atoms with Crippen molar-refractivity contribution in [3.8, 4) is 5.75 Å². The first-order valence-corrected chi connectivity index (χ1v) is 7.04. The van der Waals surface area contributed by atoms with Crippen molar-refractivity contribution in [2.75, 3.05) is 13.7 Å². The quantitative estimate of drug-likeness (QED) is 0.750. The Labute approximate surface area is 134 Å². The minimum absolute atomic E-state index is 0.181. The topological polar surface area (TPSA) is 86.5 Å². The van der Waals surface area contributed by atoms with Crippen LogP contribution in [0.3, 0.4) is 0 Å². The van der Waals surface area contributed by atoms with Gasteiger partial charge >= 0.3 is 0 Å². The Hall–Kier alpha value is -2.67. The number of hydrogen-bond acceptors (Lipinski definition) is 6. The van der Waals surface area contributed by atoms with Crippen LogP contribution in [0.5, 0.6) is 5.75 Å². The summed E-state index contributed by atoms with van der Waals surface area (Å²) in [7, 11) is 1.54. The standard InChI is InChI=1S/C16H19N3O4/c1-11(2)9-22-13-6-4-12(5-7-13)16(20)17-8-14-18-15(10-21-3)23-19-14/h4-7H,1,8-10H2,2-3H3,(H,17,20). The number of methoxy groups -OCH3 is 1. The summed E-state index contributed by atoms with van der Waals surface area (Å²) >= 11 is 0. The van der Waals surface area contributed by atoms with Crippen molar-refractivity contribution in [3.63, 3.8) is 0 Å². The summed E-state index contributed by atoms with van der Waals surface area (Å²) in [6.07, 6.45) is 0. The summed E-state index contributed by atoms with van der Waals surface area (Å²) in [5.74, 6) is 1.23. The first-order valence-electron chi connectivity index (χ1n) is 7.04. The molecule has 1 aromatic heterocycles.